The second-order valence-corrected chi connectivity index (χ2v) is 5.78. The van der Waals surface area contributed by atoms with Gasteiger partial charge in [-0.05, 0) is 31.0 Å². The van der Waals surface area contributed by atoms with Crippen LogP contribution >= 0.6 is 24.0 Å². The van der Waals surface area contributed by atoms with Crippen LogP contribution < -0.4 is 10.5 Å². The van der Waals surface area contributed by atoms with Crippen LogP contribution in [0.25, 0.3) is 0 Å². The highest BCUT2D eigenvalue weighted by atomic mass is 127. The lowest BCUT2D eigenvalue weighted by molar-refractivity contribution is -0.0172. The third-order valence-electron chi connectivity index (χ3n) is 3.97. The van der Waals surface area contributed by atoms with Crippen molar-refractivity contribution in [1.82, 2.24) is 4.90 Å². The average molecular weight is 451 g/mol. The van der Waals surface area contributed by atoms with E-state index >= 15 is 0 Å². The van der Waals surface area contributed by atoms with Crippen molar-refractivity contribution in [3.05, 3.63) is 29.1 Å². The number of guanidine groups is 1. The van der Waals surface area contributed by atoms with Crippen molar-refractivity contribution in [1.29, 1.82) is 0 Å². The molecule has 1 saturated heterocycles. The Morgan fingerprint density at radius 1 is 1.46 bits per heavy atom. The molecule has 1 aromatic rings. The van der Waals surface area contributed by atoms with Gasteiger partial charge in [0.05, 0.1) is 19.3 Å². The van der Waals surface area contributed by atoms with Gasteiger partial charge in [-0.25, -0.2) is 4.39 Å². The van der Waals surface area contributed by atoms with E-state index in [9.17, 15) is 4.39 Å². The predicted octanol–water partition coefficient (Wildman–Crippen LogP) is 1.89. The second kappa shape index (κ2) is 8.82. The highest BCUT2D eigenvalue weighted by Crippen LogP contribution is 2.29. The van der Waals surface area contributed by atoms with Crippen molar-refractivity contribution in [3.63, 3.8) is 0 Å². The van der Waals surface area contributed by atoms with E-state index in [0.717, 1.165) is 24.2 Å². The summed E-state index contributed by atoms with van der Waals surface area (Å²) in [4.78, 5) is 6.43. The van der Waals surface area contributed by atoms with E-state index in [1.807, 2.05) is 11.8 Å². The maximum absolute atomic E-state index is 13.7. The Bertz CT molecular complexity index is 600. The zero-order chi connectivity index (χ0) is 16.2. The topological polar surface area (TPSA) is 69.3 Å². The first-order chi connectivity index (χ1) is 11.1. The van der Waals surface area contributed by atoms with E-state index in [1.54, 1.807) is 0 Å². The number of hydrogen-bond donors (Lipinski definition) is 1. The van der Waals surface area contributed by atoms with Crippen molar-refractivity contribution < 1.29 is 18.6 Å². The van der Waals surface area contributed by atoms with Gasteiger partial charge in [0.1, 0.15) is 11.6 Å². The van der Waals surface area contributed by atoms with Crippen LogP contribution in [0.1, 0.15) is 18.1 Å². The molecule has 24 heavy (non-hydrogen) atoms. The molecule has 0 amide bonds. The molecule has 3 rings (SSSR count). The molecule has 2 aliphatic heterocycles. The monoisotopic (exact) mass is 451 g/mol. The van der Waals surface area contributed by atoms with E-state index in [2.05, 4.69) is 4.99 Å². The third kappa shape index (κ3) is 4.70. The van der Waals surface area contributed by atoms with E-state index < -0.39 is 0 Å². The first-order valence-electron chi connectivity index (χ1n) is 7.82. The lowest BCUT2D eigenvalue weighted by Gasteiger charge is -2.31. The minimum atomic E-state index is -0.285. The SMILES string of the molecule is CC1CN(C(N)=NCCc2cc(F)cc3c2OCOC3)CCO1.I. The third-order valence-corrected chi connectivity index (χ3v) is 3.97. The van der Waals surface area contributed by atoms with Gasteiger partial charge in [0.25, 0.3) is 0 Å². The maximum Gasteiger partial charge on any atom is 0.191 e. The Morgan fingerprint density at radius 3 is 3.08 bits per heavy atom. The Hall–Kier alpha value is -1.13. The molecule has 0 saturated carbocycles. The summed E-state index contributed by atoms with van der Waals surface area (Å²) in [5.74, 6) is 0.938. The molecule has 0 bridgehead atoms. The first-order valence-corrected chi connectivity index (χ1v) is 7.82. The fourth-order valence-electron chi connectivity index (χ4n) is 2.86. The highest BCUT2D eigenvalue weighted by molar-refractivity contribution is 14.0. The maximum atomic E-state index is 13.7. The van der Waals surface area contributed by atoms with Gasteiger partial charge >= 0.3 is 0 Å². The van der Waals surface area contributed by atoms with Crippen molar-refractivity contribution in [2.75, 3.05) is 33.0 Å². The van der Waals surface area contributed by atoms with Crippen LogP contribution in [0.3, 0.4) is 0 Å². The summed E-state index contributed by atoms with van der Waals surface area (Å²) in [6, 6.07) is 2.94. The van der Waals surface area contributed by atoms with Gasteiger partial charge in [-0.15, -0.1) is 24.0 Å². The molecule has 2 heterocycles. The number of fused-ring (bicyclic) bond motifs is 1. The smallest absolute Gasteiger partial charge is 0.191 e. The number of hydrogen-bond acceptors (Lipinski definition) is 4. The van der Waals surface area contributed by atoms with Crippen LogP contribution in [0, 0.1) is 5.82 Å². The number of nitrogens with zero attached hydrogens (tertiary/aromatic N) is 2. The molecule has 1 fully saturated rings. The van der Waals surface area contributed by atoms with Gasteiger partial charge in [-0.2, -0.15) is 0 Å². The summed E-state index contributed by atoms with van der Waals surface area (Å²) < 4.78 is 29.9. The summed E-state index contributed by atoms with van der Waals surface area (Å²) in [7, 11) is 0. The largest absolute Gasteiger partial charge is 0.467 e. The normalized spacial score (nSPS) is 20.8. The second-order valence-electron chi connectivity index (χ2n) is 5.78. The average Bonchev–Trinajstić information content (AvgIpc) is 2.54. The molecule has 6 nitrogen and oxygen atoms in total. The Balaban J connectivity index is 0.00000208. The van der Waals surface area contributed by atoms with Crippen LogP contribution in [0.15, 0.2) is 17.1 Å². The summed E-state index contributed by atoms with van der Waals surface area (Å²) in [5, 5.41) is 0. The molecule has 8 heteroatoms. The molecule has 0 aliphatic carbocycles. The van der Waals surface area contributed by atoms with Crippen molar-refractivity contribution in [3.8, 4) is 5.75 Å². The highest BCUT2D eigenvalue weighted by Gasteiger charge is 2.19. The summed E-state index contributed by atoms with van der Waals surface area (Å²) in [6.07, 6.45) is 0.724. The molecule has 1 atom stereocenters. The number of morpholine rings is 1. The molecule has 0 aromatic heterocycles. The van der Waals surface area contributed by atoms with Gasteiger partial charge in [0.15, 0.2) is 12.8 Å². The Labute approximate surface area is 158 Å². The van der Waals surface area contributed by atoms with Crippen molar-refractivity contribution in [2.24, 2.45) is 10.7 Å². The molecule has 1 unspecified atom stereocenters. The number of nitrogens with two attached hydrogens (primary N) is 1. The van der Waals surface area contributed by atoms with Gasteiger partial charge < -0.3 is 24.8 Å². The van der Waals surface area contributed by atoms with Gasteiger partial charge in [0.2, 0.25) is 0 Å². The van der Waals surface area contributed by atoms with E-state index in [-0.39, 0.29) is 42.7 Å². The number of benzene rings is 1. The molecule has 1 aromatic carbocycles. The van der Waals surface area contributed by atoms with Crippen LogP contribution in [0.4, 0.5) is 4.39 Å². The standard InChI is InChI=1S/C16H22FN3O3.HI/c1-11-8-20(4-5-22-11)16(18)19-3-2-12-6-14(17)7-13-9-21-10-23-15(12)13;/h6-7,11H,2-5,8-10H2,1H3,(H2,18,19);1H. The fraction of sp³-hybridized carbons (Fsp3) is 0.562. The zero-order valence-corrected chi connectivity index (χ0v) is 16.0. The molecule has 134 valence electrons. The number of aliphatic imine (C=N–C) groups is 1. The van der Waals surface area contributed by atoms with E-state index in [0.29, 0.717) is 37.9 Å². The van der Waals surface area contributed by atoms with Crippen LogP contribution in [0.5, 0.6) is 5.75 Å². The minimum absolute atomic E-state index is 0. The van der Waals surface area contributed by atoms with Crippen molar-refractivity contribution >= 4 is 29.9 Å². The zero-order valence-electron chi connectivity index (χ0n) is 13.7. The molecule has 2 aliphatic rings. The quantitative estimate of drug-likeness (QED) is 0.432. The summed E-state index contributed by atoms with van der Waals surface area (Å²) >= 11 is 0. The fourth-order valence-corrected chi connectivity index (χ4v) is 2.86. The van der Waals surface area contributed by atoms with Gasteiger partial charge in [-0.3, -0.25) is 4.99 Å². The van der Waals surface area contributed by atoms with E-state index in [4.69, 9.17) is 19.9 Å². The van der Waals surface area contributed by atoms with Crippen LogP contribution in [-0.2, 0) is 22.5 Å². The Kier molecular flexibility index (Phi) is 7.05. The van der Waals surface area contributed by atoms with Crippen LogP contribution in [-0.4, -0.2) is 50.0 Å². The van der Waals surface area contributed by atoms with Gasteiger partial charge in [0, 0.05) is 25.2 Å². The molecule has 2 N–H and O–H groups in total. The molecular formula is C16H23FIN3O3. The minimum Gasteiger partial charge on any atom is -0.467 e. The summed E-state index contributed by atoms with van der Waals surface area (Å²) in [5.41, 5.74) is 7.58. The number of halogens is 2. The first kappa shape index (κ1) is 19.2. The van der Waals surface area contributed by atoms with Crippen LogP contribution in [0.2, 0.25) is 0 Å². The van der Waals surface area contributed by atoms with Crippen molar-refractivity contribution in [2.45, 2.75) is 26.1 Å². The van der Waals surface area contributed by atoms with Gasteiger partial charge in [-0.1, -0.05) is 0 Å². The molecular weight excluding hydrogens is 428 g/mol. The van der Waals surface area contributed by atoms with E-state index in [1.165, 1.54) is 12.1 Å². The number of ether oxygens (including phenoxy) is 3. The lowest BCUT2D eigenvalue weighted by atomic mass is 10.1. The summed E-state index contributed by atoms with van der Waals surface area (Å²) in [6.45, 7) is 5.21. The molecule has 0 radical (unpaired) electrons. The predicted molar refractivity (Wildman–Crippen MR) is 99.3 cm³/mol. The molecule has 0 spiro atoms. The number of rotatable bonds is 3. The Morgan fingerprint density at radius 2 is 2.29 bits per heavy atom. The lowest BCUT2D eigenvalue weighted by Crippen LogP contribution is -2.47.